The third kappa shape index (κ3) is 7.08. The molecule has 78 heavy (non-hydrogen) atoms. The van der Waals surface area contributed by atoms with Gasteiger partial charge in [0, 0.05) is 0 Å². The van der Waals surface area contributed by atoms with E-state index in [-0.39, 0.29) is 0 Å². The van der Waals surface area contributed by atoms with E-state index >= 15 is 0 Å². The summed E-state index contributed by atoms with van der Waals surface area (Å²) in [4.78, 5) is 41.6. The summed E-state index contributed by atoms with van der Waals surface area (Å²) >= 11 is 0. The Labute approximate surface area is 460 Å². The first-order valence-electron chi connectivity index (χ1n) is 29.2. The molecule has 11 heteroatoms. The van der Waals surface area contributed by atoms with Gasteiger partial charge in [0.15, 0.2) is 10.8 Å². The van der Waals surface area contributed by atoms with Crippen molar-refractivity contribution in [3.8, 4) is 80.5 Å². The lowest BCUT2D eigenvalue weighted by Crippen LogP contribution is -2.33. The van der Waals surface area contributed by atoms with Gasteiger partial charge in [0.2, 0.25) is 0 Å². The summed E-state index contributed by atoms with van der Waals surface area (Å²) in [5, 5.41) is 25.7. The zero-order chi connectivity index (χ0) is 54.9. The Kier molecular flexibility index (Phi) is 13.5. The highest BCUT2D eigenvalue weighted by Gasteiger charge is 2.50. The summed E-state index contributed by atoms with van der Waals surface area (Å²) in [6.45, 7) is 26.6. The Hall–Kier alpha value is -7.89. The second kappa shape index (κ2) is 20.2. The Balaban J connectivity index is 1.47. The van der Waals surface area contributed by atoms with E-state index in [9.17, 15) is 10.5 Å². The number of hydrogen-bond acceptors (Lipinski definition) is 5. The number of hydrogen-bond donors (Lipinski definition) is 6. The normalized spacial score (nSPS) is 16.1. The Bertz CT molecular complexity index is 3270. The molecular formula is C67H75N11. The fourth-order valence-corrected chi connectivity index (χ4v) is 14.6. The highest BCUT2D eigenvalue weighted by Crippen LogP contribution is 2.52. The molecule has 0 aliphatic carbocycles. The lowest BCUT2D eigenvalue weighted by molar-refractivity contribution is 0.689. The highest BCUT2D eigenvalue weighted by molar-refractivity contribution is 5.79. The number of pyridine rings is 3. The van der Waals surface area contributed by atoms with Crippen molar-refractivity contribution in [3.05, 3.63) is 156 Å². The molecule has 11 nitrogen and oxygen atoms in total. The topological polar surface area (TPSA) is 181 Å². The fourth-order valence-electron chi connectivity index (χ4n) is 14.6. The maximum atomic E-state index is 12.8. The predicted octanol–water partition coefficient (Wildman–Crippen LogP) is 14.9. The first-order chi connectivity index (χ1) is 38.0. The van der Waals surface area contributed by atoms with Crippen molar-refractivity contribution in [2.75, 3.05) is 0 Å². The molecule has 0 fully saturated rings. The van der Waals surface area contributed by atoms with Crippen LogP contribution in [0, 0.1) is 22.7 Å². The van der Waals surface area contributed by atoms with Gasteiger partial charge in [-0.05, 0) is 180 Å². The van der Waals surface area contributed by atoms with Crippen molar-refractivity contribution in [3.63, 3.8) is 0 Å². The van der Waals surface area contributed by atoms with Crippen LogP contribution >= 0.6 is 0 Å². The van der Waals surface area contributed by atoms with Crippen LogP contribution in [-0.4, -0.2) is 44.9 Å². The third-order valence-corrected chi connectivity index (χ3v) is 17.9. The van der Waals surface area contributed by atoms with E-state index in [2.05, 4.69) is 180 Å². The van der Waals surface area contributed by atoms with Crippen LogP contribution in [0.5, 0.6) is 0 Å². The van der Waals surface area contributed by atoms with Gasteiger partial charge in [0.25, 0.3) is 0 Å². The standard InChI is InChI=1S/C67H75N11/c1-13-36-42(19-7)60-66(34-68)61-43(20-8)37(14-2)56(74-61)50-30-26-32-52(71-50)58-40(17-5)46(23-11)64(77-58)67(35-69,63-45(22-10)39(16-4)55(76-63)49-29-25-28-48(70-49)54(36)73-60)65-47(24-12)41(18-6)59(78-65)53-33-27-31-51(72-53)57-38(15-3)44(21-9)62(66)75-57/h25-33,73-78H,13-24H2,1-12H3. The zero-order valence-corrected chi connectivity index (χ0v) is 47.9. The smallest absolute Gasteiger partial charge is 0.177 e. The van der Waals surface area contributed by atoms with Gasteiger partial charge in [0.05, 0.1) is 115 Å². The largest absolute Gasteiger partial charge is 0.355 e. The molecule has 0 amide bonds. The van der Waals surface area contributed by atoms with Gasteiger partial charge in [-0.15, -0.1) is 0 Å². The van der Waals surface area contributed by atoms with E-state index in [1.165, 1.54) is 0 Å². The molecule has 12 heterocycles. The number of nitrogens with one attached hydrogen (secondary N) is 6. The van der Waals surface area contributed by atoms with Crippen LogP contribution in [0.1, 0.15) is 184 Å². The Morgan fingerprint density at radius 2 is 0.436 bits per heavy atom. The van der Waals surface area contributed by atoms with Gasteiger partial charge in [-0.3, -0.25) is 0 Å². The third-order valence-electron chi connectivity index (χ3n) is 17.9. The average molecular weight is 1030 g/mol. The number of H-pyrrole nitrogens is 6. The van der Waals surface area contributed by atoms with Crippen LogP contribution in [0.25, 0.3) is 68.3 Å². The van der Waals surface area contributed by atoms with E-state index < -0.39 is 10.8 Å². The lowest BCUT2D eigenvalue weighted by Gasteiger charge is -2.29. The van der Waals surface area contributed by atoms with Gasteiger partial charge < -0.3 is 29.9 Å². The van der Waals surface area contributed by atoms with E-state index in [0.717, 1.165) is 208 Å². The molecule has 6 N–H and O–H groups in total. The van der Waals surface area contributed by atoms with Gasteiger partial charge >= 0.3 is 0 Å². The van der Waals surface area contributed by atoms with Gasteiger partial charge in [-0.25, -0.2) is 15.0 Å². The summed E-state index contributed by atoms with van der Waals surface area (Å²) in [7, 11) is 0. The van der Waals surface area contributed by atoms with Crippen molar-refractivity contribution in [2.45, 2.75) is 171 Å². The molecule has 0 saturated heterocycles. The summed E-state index contributed by atoms with van der Waals surface area (Å²) in [5.74, 6) is 0. The van der Waals surface area contributed by atoms with Crippen molar-refractivity contribution in [1.29, 1.82) is 10.5 Å². The summed E-state index contributed by atoms with van der Waals surface area (Å²) in [5.41, 5.74) is 26.0. The number of nitriles is 2. The minimum atomic E-state index is -1.40. The number of rotatable bonds is 12. The van der Waals surface area contributed by atoms with Crippen LogP contribution in [0.15, 0.2) is 54.6 Å². The van der Waals surface area contributed by atoms with Gasteiger partial charge in [-0.2, -0.15) is 10.5 Å². The molecule has 0 unspecified atom stereocenters. The number of aromatic amines is 6. The van der Waals surface area contributed by atoms with Crippen LogP contribution in [0.3, 0.4) is 0 Å². The molecular weight excluding hydrogens is 959 g/mol. The Morgan fingerprint density at radius 3 is 0.564 bits per heavy atom. The minimum Gasteiger partial charge on any atom is -0.355 e. The van der Waals surface area contributed by atoms with Crippen molar-refractivity contribution in [1.82, 2.24) is 44.9 Å². The molecule has 12 rings (SSSR count). The summed E-state index contributed by atoms with van der Waals surface area (Å²) in [6, 6.07) is 25.3. The molecule has 0 saturated carbocycles. The number of aromatic nitrogens is 9. The van der Waals surface area contributed by atoms with Crippen molar-refractivity contribution < 1.29 is 0 Å². The molecule has 0 radical (unpaired) electrons. The molecule has 20 bridgehead atoms. The maximum Gasteiger partial charge on any atom is 0.177 e. The molecule has 9 aromatic rings. The van der Waals surface area contributed by atoms with E-state index in [4.69, 9.17) is 15.0 Å². The van der Waals surface area contributed by atoms with Gasteiger partial charge in [-0.1, -0.05) is 101 Å². The molecule has 3 aliphatic rings. The molecule has 9 aromatic heterocycles. The second-order valence-corrected chi connectivity index (χ2v) is 21.2. The minimum absolute atomic E-state index is 0.682. The van der Waals surface area contributed by atoms with Gasteiger partial charge in [0.1, 0.15) is 0 Å². The van der Waals surface area contributed by atoms with E-state index in [0.29, 0.717) is 38.5 Å². The first kappa shape index (κ1) is 52.2. The van der Waals surface area contributed by atoms with E-state index in [1.54, 1.807) is 0 Å². The highest BCUT2D eigenvalue weighted by atomic mass is 15.0. The Morgan fingerprint density at radius 1 is 0.282 bits per heavy atom. The van der Waals surface area contributed by atoms with E-state index in [1.807, 2.05) is 0 Å². The monoisotopic (exact) mass is 1030 g/mol. The fraction of sp³-hybridized carbons (Fsp3) is 0.388. The molecule has 0 atom stereocenters. The summed E-state index contributed by atoms with van der Waals surface area (Å²) in [6.07, 6.45) is 8.40. The quantitative estimate of drug-likeness (QED) is 0.0711. The lowest BCUT2D eigenvalue weighted by atomic mass is 9.73. The van der Waals surface area contributed by atoms with Crippen LogP contribution in [0.2, 0.25) is 0 Å². The average Bonchev–Trinajstić information content (AvgIpc) is 4.50. The predicted molar refractivity (Wildman–Crippen MR) is 315 cm³/mol. The molecule has 0 aromatic carbocycles. The second-order valence-electron chi connectivity index (χ2n) is 21.2. The van der Waals surface area contributed by atoms with Crippen LogP contribution in [-0.2, 0) is 87.9 Å². The molecule has 398 valence electrons. The van der Waals surface area contributed by atoms with Crippen molar-refractivity contribution in [2.24, 2.45) is 0 Å². The first-order valence-corrected chi connectivity index (χ1v) is 29.2. The number of nitrogens with zero attached hydrogens (tertiary/aromatic N) is 5. The zero-order valence-electron chi connectivity index (χ0n) is 47.9. The maximum absolute atomic E-state index is 12.8. The van der Waals surface area contributed by atoms with Crippen LogP contribution in [0.4, 0.5) is 0 Å². The molecule has 0 spiro atoms. The SMILES string of the molecule is CCc1c2[nH]c(c1CC)C1(C#N)c3[nH]c(c(CC)c3CC)-c3cccc(n3)-c3[nH]c(c(CC)c3CC)C(C#N)(c3[nH]c(c(CC)c3CC)-c3cccc-2n3)c2[nH]c(c(CC)c2CC)-c2cccc(n2)-c2[nH]c1c(CC)c2CC. The van der Waals surface area contributed by atoms with Crippen LogP contribution < -0.4 is 0 Å². The summed E-state index contributed by atoms with van der Waals surface area (Å²) < 4.78 is 0. The van der Waals surface area contributed by atoms with Crippen molar-refractivity contribution >= 4 is 0 Å². The molecule has 3 aliphatic heterocycles.